The van der Waals surface area contributed by atoms with Gasteiger partial charge in [0.15, 0.2) is 0 Å². The van der Waals surface area contributed by atoms with Crippen LogP contribution in [0.25, 0.3) is 0 Å². The molecule has 1 aromatic rings. The summed E-state index contributed by atoms with van der Waals surface area (Å²) in [5.41, 5.74) is -4.72. The van der Waals surface area contributed by atoms with Crippen molar-refractivity contribution < 1.29 is 17.7 Å². The van der Waals surface area contributed by atoms with Crippen LogP contribution in [0.4, 0.5) is 13.2 Å². The van der Waals surface area contributed by atoms with E-state index in [-0.39, 0.29) is 0 Å². The fourth-order valence-electron chi connectivity index (χ4n) is 0.366. The Bertz CT molecular complexity index is 222. The van der Waals surface area contributed by atoms with Gasteiger partial charge in [-0.25, -0.2) is 0 Å². The van der Waals surface area contributed by atoms with Crippen LogP contribution < -0.4 is 0 Å². The Morgan fingerprint density at radius 1 is 1.64 bits per heavy atom. The summed E-state index contributed by atoms with van der Waals surface area (Å²) >= 11 is -2.32. The molecule has 0 saturated heterocycles. The van der Waals surface area contributed by atoms with Crippen LogP contribution in [0, 0.1) is 6.20 Å². The lowest BCUT2D eigenvalue weighted by Crippen LogP contribution is -2.22. The van der Waals surface area contributed by atoms with Crippen molar-refractivity contribution in [1.29, 1.82) is 0 Å². The number of hydrogen-bond donors (Lipinski definition) is 0. The molecular weight excluding hydrogens is 199 g/mol. The molecule has 0 aliphatic heterocycles. The van der Waals surface area contributed by atoms with E-state index in [1.165, 1.54) is 5.38 Å². The quantitative estimate of drug-likeness (QED) is 0.645. The van der Waals surface area contributed by atoms with E-state index < -0.39 is 21.0 Å². The van der Waals surface area contributed by atoms with Gasteiger partial charge in [0.2, 0.25) is 0 Å². The van der Waals surface area contributed by atoms with Gasteiger partial charge >= 0.3 is 9.85 Å². The highest BCUT2D eigenvalue weighted by molar-refractivity contribution is 7.94. The van der Waals surface area contributed by atoms with Crippen molar-refractivity contribution >= 4 is 22.5 Å². The standard InChI is InChI=1S/C4HF3NOS2/c5-4(6,7)11(9)3-8-1-2-10-3/h2H. The summed E-state index contributed by atoms with van der Waals surface area (Å²) in [5, 5.41) is 1.22. The van der Waals surface area contributed by atoms with Gasteiger partial charge in [0.25, 0.3) is 0 Å². The maximum Gasteiger partial charge on any atom is 0.580 e. The fourth-order valence-corrected chi connectivity index (χ4v) is 1.79. The Hall–Kier alpha value is -0.270. The minimum Gasteiger partial charge on any atom is -0.602 e. The maximum absolute atomic E-state index is 11.7. The lowest BCUT2D eigenvalue weighted by molar-refractivity contribution is -0.0435. The number of aromatic nitrogens is 1. The van der Waals surface area contributed by atoms with Crippen LogP contribution in [0.2, 0.25) is 0 Å². The van der Waals surface area contributed by atoms with Crippen molar-refractivity contribution in [3.8, 4) is 0 Å². The highest BCUT2D eigenvalue weighted by Crippen LogP contribution is 2.30. The zero-order valence-electron chi connectivity index (χ0n) is 4.88. The van der Waals surface area contributed by atoms with Gasteiger partial charge in [-0.15, -0.1) is 13.2 Å². The van der Waals surface area contributed by atoms with Gasteiger partial charge in [0.1, 0.15) is 17.4 Å². The normalized spacial score (nSPS) is 14.9. The molecule has 1 radical (unpaired) electrons. The molecule has 61 valence electrons. The Kier molecular flexibility index (Phi) is 2.40. The summed E-state index contributed by atoms with van der Waals surface area (Å²) in [6.45, 7) is 0. The number of nitrogens with zero attached hydrogens (tertiary/aromatic N) is 1. The molecule has 11 heavy (non-hydrogen) atoms. The SMILES string of the molecule is [O-][S+](c1n[c]cs1)C(F)(F)F. The van der Waals surface area contributed by atoms with Crippen molar-refractivity contribution in [2.45, 2.75) is 9.85 Å². The van der Waals surface area contributed by atoms with Crippen molar-refractivity contribution in [1.82, 2.24) is 4.98 Å². The Morgan fingerprint density at radius 3 is 2.64 bits per heavy atom. The predicted octanol–water partition coefficient (Wildman–Crippen LogP) is 1.57. The van der Waals surface area contributed by atoms with E-state index in [4.69, 9.17) is 0 Å². The second kappa shape index (κ2) is 3.00. The summed E-state index contributed by atoms with van der Waals surface area (Å²) < 4.78 is 45.0. The van der Waals surface area contributed by atoms with E-state index in [9.17, 15) is 17.7 Å². The summed E-state index contributed by atoms with van der Waals surface area (Å²) in [4.78, 5) is 3.16. The molecular formula is C4HF3NOS2. The van der Waals surface area contributed by atoms with Crippen LogP contribution in [-0.4, -0.2) is 15.0 Å². The van der Waals surface area contributed by atoms with E-state index >= 15 is 0 Å². The second-order valence-corrected chi connectivity index (χ2v) is 3.96. The highest BCUT2D eigenvalue weighted by Gasteiger charge is 2.47. The van der Waals surface area contributed by atoms with Gasteiger partial charge < -0.3 is 4.55 Å². The molecule has 1 heterocycles. The van der Waals surface area contributed by atoms with E-state index in [1.807, 2.05) is 0 Å². The molecule has 0 aromatic carbocycles. The number of alkyl halides is 3. The molecule has 2 nitrogen and oxygen atoms in total. The molecule has 0 spiro atoms. The molecule has 0 aliphatic carbocycles. The molecule has 1 rings (SSSR count). The smallest absolute Gasteiger partial charge is 0.580 e. The average Bonchev–Trinajstić information content (AvgIpc) is 2.34. The van der Waals surface area contributed by atoms with Gasteiger partial charge in [-0.05, 0) is 0 Å². The summed E-state index contributed by atoms with van der Waals surface area (Å²) in [7, 11) is 0. The van der Waals surface area contributed by atoms with Gasteiger partial charge in [-0.3, -0.25) is 0 Å². The van der Waals surface area contributed by atoms with Crippen LogP contribution >= 0.6 is 11.3 Å². The van der Waals surface area contributed by atoms with Crippen molar-refractivity contribution in [2.75, 3.05) is 0 Å². The molecule has 1 atom stereocenters. The monoisotopic (exact) mass is 200 g/mol. The summed E-state index contributed by atoms with van der Waals surface area (Å²) in [6.07, 6.45) is 2.16. The minimum absolute atomic E-state index is 0.461. The van der Waals surface area contributed by atoms with Crippen LogP contribution in [0.15, 0.2) is 9.72 Å². The lowest BCUT2D eigenvalue weighted by Gasteiger charge is -2.07. The minimum atomic E-state index is -4.72. The second-order valence-electron chi connectivity index (χ2n) is 1.46. The molecule has 1 aromatic heterocycles. The Labute approximate surface area is 67.2 Å². The zero-order chi connectivity index (χ0) is 8.48. The highest BCUT2D eigenvalue weighted by atomic mass is 32.2. The predicted molar refractivity (Wildman–Crippen MR) is 33.4 cm³/mol. The van der Waals surface area contributed by atoms with Crippen LogP contribution in [0.5, 0.6) is 0 Å². The number of rotatable bonds is 1. The maximum atomic E-state index is 11.7. The Balaban J connectivity index is 2.78. The molecule has 0 bridgehead atoms. The van der Waals surface area contributed by atoms with E-state index in [2.05, 4.69) is 11.2 Å². The Morgan fingerprint density at radius 2 is 2.27 bits per heavy atom. The van der Waals surface area contributed by atoms with E-state index in [0.717, 1.165) is 0 Å². The van der Waals surface area contributed by atoms with Crippen molar-refractivity contribution in [3.05, 3.63) is 11.6 Å². The first-order chi connectivity index (χ1) is 5.02. The molecule has 0 amide bonds. The van der Waals surface area contributed by atoms with E-state index in [1.54, 1.807) is 0 Å². The van der Waals surface area contributed by atoms with Gasteiger partial charge in [-0.1, -0.05) is 11.3 Å². The summed E-state index contributed by atoms with van der Waals surface area (Å²) in [6, 6.07) is 0. The van der Waals surface area contributed by atoms with Gasteiger partial charge in [0, 0.05) is 5.38 Å². The molecule has 0 saturated carbocycles. The largest absolute Gasteiger partial charge is 0.602 e. The third-order valence-corrected chi connectivity index (χ3v) is 2.83. The van der Waals surface area contributed by atoms with Crippen LogP contribution in [-0.2, 0) is 11.2 Å². The third kappa shape index (κ3) is 2.08. The van der Waals surface area contributed by atoms with Gasteiger partial charge in [-0.2, -0.15) is 4.98 Å². The first-order valence-electron chi connectivity index (χ1n) is 2.32. The van der Waals surface area contributed by atoms with Crippen molar-refractivity contribution in [3.63, 3.8) is 0 Å². The molecule has 7 heteroatoms. The van der Waals surface area contributed by atoms with Crippen LogP contribution in [0.1, 0.15) is 0 Å². The fraction of sp³-hybridized carbons (Fsp3) is 0.250. The first kappa shape index (κ1) is 8.82. The summed E-state index contributed by atoms with van der Waals surface area (Å²) in [5.74, 6) is 0. The van der Waals surface area contributed by atoms with E-state index in [0.29, 0.717) is 11.3 Å². The number of halogens is 3. The number of thiazole rings is 1. The van der Waals surface area contributed by atoms with Crippen molar-refractivity contribution in [2.24, 2.45) is 0 Å². The topological polar surface area (TPSA) is 36.0 Å². The van der Waals surface area contributed by atoms with Crippen LogP contribution in [0.3, 0.4) is 0 Å². The zero-order valence-corrected chi connectivity index (χ0v) is 6.52. The average molecular weight is 200 g/mol. The molecule has 0 N–H and O–H groups in total. The van der Waals surface area contributed by atoms with Gasteiger partial charge in [0.05, 0.1) is 0 Å². The first-order valence-corrected chi connectivity index (χ1v) is 4.35. The third-order valence-electron chi connectivity index (χ3n) is 0.737. The molecule has 1 unspecified atom stereocenters. The lowest BCUT2D eigenvalue weighted by atomic mass is 11.0. The molecule has 0 aliphatic rings. The number of hydrogen-bond acceptors (Lipinski definition) is 3. The molecule has 0 fully saturated rings.